The van der Waals surface area contributed by atoms with E-state index < -0.39 is 0 Å². The minimum atomic E-state index is 0.552. The topological polar surface area (TPSA) is 16.1 Å². The van der Waals surface area contributed by atoms with Crippen molar-refractivity contribution in [3.63, 3.8) is 0 Å². The van der Waals surface area contributed by atoms with Gasteiger partial charge in [-0.2, -0.15) is 0 Å². The van der Waals surface area contributed by atoms with Crippen molar-refractivity contribution in [2.24, 2.45) is 5.92 Å². The van der Waals surface area contributed by atoms with Crippen molar-refractivity contribution in [3.8, 4) is 0 Å². The van der Waals surface area contributed by atoms with Crippen molar-refractivity contribution < 1.29 is 0 Å². The average molecular weight is 253 g/mol. The fourth-order valence-corrected chi connectivity index (χ4v) is 2.81. The number of hydrogen-bond donors (Lipinski definition) is 0. The summed E-state index contributed by atoms with van der Waals surface area (Å²) in [5.41, 5.74) is 1.16. The Morgan fingerprint density at radius 2 is 2.29 bits per heavy atom. The first-order chi connectivity index (χ1) is 8.35. The second kappa shape index (κ2) is 6.25. The lowest BCUT2D eigenvalue weighted by Crippen LogP contribution is -2.26. The third kappa shape index (κ3) is 3.12. The van der Waals surface area contributed by atoms with Gasteiger partial charge in [-0.3, -0.25) is 0 Å². The number of hydrogen-bond acceptors (Lipinski definition) is 2. The van der Waals surface area contributed by atoms with Crippen LogP contribution in [0, 0.1) is 5.92 Å². The molecule has 0 saturated carbocycles. The Labute approximate surface area is 109 Å². The molecule has 1 aromatic rings. The third-order valence-corrected chi connectivity index (χ3v) is 4.02. The Kier molecular flexibility index (Phi) is 4.66. The second-order valence-corrected chi connectivity index (χ2v) is 5.08. The van der Waals surface area contributed by atoms with Gasteiger partial charge in [0.1, 0.15) is 5.82 Å². The smallest absolute Gasteiger partial charge is 0.132 e. The monoisotopic (exact) mass is 252 g/mol. The van der Waals surface area contributed by atoms with E-state index in [4.69, 9.17) is 11.6 Å². The van der Waals surface area contributed by atoms with Crippen LogP contribution in [-0.4, -0.2) is 18.1 Å². The summed E-state index contributed by atoms with van der Waals surface area (Å²) in [5, 5.41) is 0. The van der Waals surface area contributed by atoms with Crippen LogP contribution in [-0.2, 0) is 5.88 Å². The fraction of sp³-hybridized carbons (Fsp3) is 0.643. The van der Waals surface area contributed by atoms with Gasteiger partial charge in [0.2, 0.25) is 0 Å². The van der Waals surface area contributed by atoms with E-state index in [1.165, 1.54) is 25.7 Å². The molecular formula is C14H21ClN2. The molecule has 1 aromatic heterocycles. The minimum Gasteiger partial charge on any atom is -0.356 e. The number of aromatic nitrogens is 1. The van der Waals surface area contributed by atoms with Crippen LogP contribution >= 0.6 is 11.6 Å². The van der Waals surface area contributed by atoms with Gasteiger partial charge < -0.3 is 4.90 Å². The van der Waals surface area contributed by atoms with Gasteiger partial charge in [-0.25, -0.2) is 4.98 Å². The first-order valence-corrected chi connectivity index (χ1v) is 7.13. The van der Waals surface area contributed by atoms with Gasteiger partial charge in [-0.1, -0.05) is 19.4 Å². The molecule has 17 heavy (non-hydrogen) atoms. The lowest BCUT2D eigenvalue weighted by atomic mass is 9.98. The third-order valence-electron chi connectivity index (χ3n) is 3.74. The summed E-state index contributed by atoms with van der Waals surface area (Å²) in [6.07, 6.45) is 7.09. The highest BCUT2D eigenvalue weighted by Gasteiger charge is 2.18. The molecule has 1 atom stereocenters. The van der Waals surface area contributed by atoms with E-state index in [2.05, 4.69) is 22.9 Å². The molecule has 1 unspecified atom stereocenters. The molecule has 3 heteroatoms. The van der Waals surface area contributed by atoms with Crippen LogP contribution in [0.2, 0.25) is 0 Å². The van der Waals surface area contributed by atoms with Gasteiger partial charge in [-0.15, -0.1) is 11.6 Å². The summed E-state index contributed by atoms with van der Waals surface area (Å²) >= 11 is 5.98. The van der Waals surface area contributed by atoms with Crippen molar-refractivity contribution in [3.05, 3.63) is 23.9 Å². The first-order valence-electron chi connectivity index (χ1n) is 6.60. The van der Waals surface area contributed by atoms with Crippen molar-refractivity contribution >= 4 is 17.4 Å². The van der Waals surface area contributed by atoms with Crippen molar-refractivity contribution in [1.82, 2.24) is 4.98 Å². The zero-order valence-corrected chi connectivity index (χ0v) is 11.3. The molecular weight excluding hydrogens is 232 g/mol. The molecule has 0 radical (unpaired) electrons. The van der Waals surface area contributed by atoms with Gasteiger partial charge in [0, 0.05) is 24.8 Å². The predicted molar refractivity (Wildman–Crippen MR) is 73.6 cm³/mol. The van der Waals surface area contributed by atoms with E-state index in [0.29, 0.717) is 5.88 Å². The van der Waals surface area contributed by atoms with Crippen LogP contribution in [0.15, 0.2) is 18.3 Å². The Balaban J connectivity index is 2.11. The summed E-state index contributed by atoms with van der Waals surface area (Å²) in [6, 6.07) is 4.05. The van der Waals surface area contributed by atoms with Gasteiger partial charge >= 0.3 is 0 Å². The van der Waals surface area contributed by atoms with Crippen molar-refractivity contribution in [1.29, 1.82) is 0 Å². The molecule has 94 valence electrons. The number of rotatable bonds is 3. The van der Waals surface area contributed by atoms with E-state index in [1.54, 1.807) is 0 Å². The van der Waals surface area contributed by atoms with Crippen LogP contribution < -0.4 is 4.90 Å². The van der Waals surface area contributed by atoms with Gasteiger partial charge in [0.15, 0.2) is 0 Å². The van der Waals surface area contributed by atoms with Crippen LogP contribution in [0.25, 0.3) is 0 Å². The van der Waals surface area contributed by atoms with E-state index in [0.717, 1.165) is 30.4 Å². The zero-order valence-electron chi connectivity index (χ0n) is 10.5. The fourth-order valence-electron chi connectivity index (χ4n) is 2.60. The first kappa shape index (κ1) is 12.7. The maximum absolute atomic E-state index is 5.98. The minimum absolute atomic E-state index is 0.552. The molecule has 1 aliphatic heterocycles. The Hall–Kier alpha value is -0.760. The zero-order chi connectivity index (χ0) is 12.1. The molecule has 1 saturated heterocycles. The number of pyridine rings is 1. The SMILES string of the molecule is CCC1CCCN(c2ncccc2CCl)CC1. The Morgan fingerprint density at radius 1 is 1.41 bits per heavy atom. The maximum Gasteiger partial charge on any atom is 0.132 e. The summed E-state index contributed by atoms with van der Waals surface area (Å²) in [4.78, 5) is 6.92. The highest BCUT2D eigenvalue weighted by Crippen LogP contribution is 2.25. The lowest BCUT2D eigenvalue weighted by molar-refractivity contribution is 0.459. The number of alkyl halides is 1. The Morgan fingerprint density at radius 3 is 3.06 bits per heavy atom. The number of anilines is 1. The lowest BCUT2D eigenvalue weighted by Gasteiger charge is -2.23. The van der Waals surface area contributed by atoms with Gasteiger partial charge in [-0.05, 0) is 31.2 Å². The molecule has 0 N–H and O–H groups in total. The predicted octanol–water partition coefficient (Wildman–Crippen LogP) is 3.84. The number of halogens is 1. The van der Waals surface area contributed by atoms with Crippen LogP contribution in [0.3, 0.4) is 0 Å². The van der Waals surface area contributed by atoms with Crippen LogP contribution in [0.1, 0.15) is 38.2 Å². The second-order valence-electron chi connectivity index (χ2n) is 4.81. The molecule has 0 spiro atoms. The Bertz CT molecular complexity index is 354. The molecule has 1 aliphatic rings. The molecule has 2 rings (SSSR count). The highest BCUT2D eigenvalue weighted by molar-refractivity contribution is 6.17. The normalized spacial score (nSPS) is 21.3. The number of nitrogens with zero attached hydrogens (tertiary/aromatic N) is 2. The molecule has 0 bridgehead atoms. The van der Waals surface area contributed by atoms with E-state index in [-0.39, 0.29) is 0 Å². The molecule has 2 nitrogen and oxygen atoms in total. The van der Waals surface area contributed by atoms with E-state index in [9.17, 15) is 0 Å². The quantitative estimate of drug-likeness (QED) is 0.760. The van der Waals surface area contributed by atoms with Gasteiger partial charge in [0.25, 0.3) is 0 Å². The summed E-state index contributed by atoms with van der Waals surface area (Å²) in [7, 11) is 0. The molecule has 2 heterocycles. The summed E-state index contributed by atoms with van der Waals surface area (Å²) in [5.74, 6) is 2.54. The van der Waals surface area contributed by atoms with Crippen LogP contribution in [0.5, 0.6) is 0 Å². The maximum atomic E-state index is 5.98. The molecule has 0 amide bonds. The van der Waals surface area contributed by atoms with Gasteiger partial charge in [0.05, 0.1) is 5.88 Å². The summed E-state index contributed by atoms with van der Waals surface area (Å²) < 4.78 is 0. The van der Waals surface area contributed by atoms with Crippen molar-refractivity contribution in [2.75, 3.05) is 18.0 Å². The van der Waals surface area contributed by atoms with Crippen molar-refractivity contribution in [2.45, 2.75) is 38.5 Å². The largest absolute Gasteiger partial charge is 0.356 e. The van der Waals surface area contributed by atoms with E-state index in [1.807, 2.05) is 12.3 Å². The standard InChI is InChI=1S/C14H21ClN2/c1-2-12-5-4-9-17(10-7-12)14-13(11-15)6-3-8-16-14/h3,6,8,12H,2,4-5,7,9-11H2,1H3. The van der Waals surface area contributed by atoms with E-state index >= 15 is 0 Å². The average Bonchev–Trinajstić information content (AvgIpc) is 2.63. The molecule has 1 fully saturated rings. The highest BCUT2D eigenvalue weighted by atomic mass is 35.5. The summed E-state index contributed by atoms with van der Waals surface area (Å²) in [6.45, 7) is 4.54. The molecule has 0 aromatic carbocycles. The van der Waals surface area contributed by atoms with Crippen LogP contribution in [0.4, 0.5) is 5.82 Å². The molecule has 0 aliphatic carbocycles.